The second-order valence-electron chi connectivity index (χ2n) is 6.61. The molecule has 3 aromatic carbocycles. The fourth-order valence-electron chi connectivity index (χ4n) is 3.19. The highest BCUT2D eigenvalue weighted by molar-refractivity contribution is 5.90. The third-order valence-electron chi connectivity index (χ3n) is 4.67. The van der Waals surface area contributed by atoms with Gasteiger partial charge in [0, 0.05) is 0 Å². The van der Waals surface area contributed by atoms with Gasteiger partial charge in [0.05, 0.1) is 23.8 Å². The van der Waals surface area contributed by atoms with E-state index in [1.165, 1.54) is 19.2 Å². The van der Waals surface area contributed by atoms with E-state index in [9.17, 15) is 20.0 Å². The molecular formula is C21H17N3O7. The predicted octanol–water partition coefficient (Wildman–Crippen LogP) is 2.75. The number of benzene rings is 3. The number of hydrogen-bond acceptors (Lipinski definition) is 8. The van der Waals surface area contributed by atoms with Crippen LogP contribution in [-0.4, -0.2) is 42.0 Å². The van der Waals surface area contributed by atoms with Crippen LogP contribution in [0, 0.1) is 10.1 Å². The number of fused-ring (bicyclic) bond motifs is 2. The number of nitrogens with one attached hydrogen (secondary N) is 1. The monoisotopic (exact) mass is 423 g/mol. The molecule has 10 nitrogen and oxygen atoms in total. The zero-order valence-corrected chi connectivity index (χ0v) is 16.3. The number of nitro benzene ring substituents is 1. The summed E-state index contributed by atoms with van der Waals surface area (Å²) in [4.78, 5) is 23.1. The van der Waals surface area contributed by atoms with Crippen molar-refractivity contribution in [3.05, 3.63) is 64.2 Å². The van der Waals surface area contributed by atoms with Crippen LogP contribution < -0.4 is 19.6 Å². The molecule has 0 fully saturated rings. The third kappa shape index (κ3) is 3.90. The summed E-state index contributed by atoms with van der Waals surface area (Å²) in [6.45, 7) is -0.0140. The fraction of sp³-hybridized carbons (Fsp3) is 0.143. The highest BCUT2D eigenvalue weighted by Crippen LogP contribution is 2.38. The largest absolute Gasteiger partial charge is 0.504 e. The molecule has 0 saturated heterocycles. The van der Waals surface area contributed by atoms with Crippen molar-refractivity contribution in [1.29, 1.82) is 0 Å². The zero-order chi connectivity index (χ0) is 22.0. The van der Waals surface area contributed by atoms with E-state index in [2.05, 4.69) is 10.5 Å². The summed E-state index contributed by atoms with van der Waals surface area (Å²) in [5.41, 5.74) is 1.85. The molecule has 2 N–H and O–H groups in total. The Hall–Kier alpha value is -4.34. The van der Waals surface area contributed by atoms with Crippen molar-refractivity contribution in [3.63, 3.8) is 0 Å². The molecule has 31 heavy (non-hydrogen) atoms. The van der Waals surface area contributed by atoms with Gasteiger partial charge < -0.3 is 19.3 Å². The smallest absolute Gasteiger partial charge is 0.323 e. The molecular weight excluding hydrogens is 406 g/mol. The Morgan fingerprint density at radius 2 is 1.97 bits per heavy atom. The Balaban J connectivity index is 1.48. The minimum Gasteiger partial charge on any atom is -0.504 e. The van der Waals surface area contributed by atoms with Crippen LogP contribution in [0.2, 0.25) is 0 Å². The maximum Gasteiger partial charge on any atom is 0.323 e. The molecule has 0 saturated carbocycles. The number of aromatic hydroxyl groups is 1. The van der Waals surface area contributed by atoms with E-state index >= 15 is 0 Å². The van der Waals surface area contributed by atoms with Gasteiger partial charge in [0.1, 0.15) is 6.61 Å². The summed E-state index contributed by atoms with van der Waals surface area (Å²) >= 11 is 0. The molecule has 0 aromatic heterocycles. The van der Waals surface area contributed by atoms with Crippen LogP contribution in [0.1, 0.15) is 5.56 Å². The van der Waals surface area contributed by atoms with Gasteiger partial charge in [-0.1, -0.05) is 24.3 Å². The maximum absolute atomic E-state index is 12.4. The quantitative estimate of drug-likeness (QED) is 0.366. The first-order valence-electron chi connectivity index (χ1n) is 9.17. The molecule has 10 heteroatoms. The number of nitro groups is 1. The molecule has 1 aliphatic heterocycles. The number of amides is 1. The number of hydrogen-bond donors (Lipinski definition) is 2. The Morgan fingerprint density at radius 3 is 2.65 bits per heavy atom. The molecule has 1 unspecified atom stereocenters. The van der Waals surface area contributed by atoms with E-state index in [0.717, 1.165) is 17.0 Å². The summed E-state index contributed by atoms with van der Waals surface area (Å²) in [7, 11) is 1.20. The fourth-order valence-corrected chi connectivity index (χ4v) is 3.19. The van der Waals surface area contributed by atoms with Crippen molar-refractivity contribution in [2.24, 2.45) is 5.10 Å². The number of carbonyl (C=O) groups excluding carboxylic acids is 1. The van der Waals surface area contributed by atoms with Gasteiger partial charge in [0.2, 0.25) is 11.9 Å². The average Bonchev–Trinajstić information content (AvgIpc) is 2.77. The van der Waals surface area contributed by atoms with Gasteiger partial charge in [-0.2, -0.15) is 5.10 Å². The predicted molar refractivity (Wildman–Crippen MR) is 111 cm³/mol. The van der Waals surface area contributed by atoms with Crippen LogP contribution in [0.25, 0.3) is 10.8 Å². The Bertz CT molecular complexity index is 1210. The normalized spacial score (nSPS) is 15.1. The van der Waals surface area contributed by atoms with Crippen LogP contribution in [0.15, 0.2) is 53.6 Å². The minimum absolute atomic E-state index is 0.0140. The van der Waals surface area contributed by atoms with E-state index < -0.39 is 22.6 Å². The van der Waals surface area contributed by atoms with Crippen molar-refractivity contribution in [2.45, 2.75) is 6.10 Å². The molecule has 1 atom stereocenters. The second kappa shape index (κ2) is 8.19. The summed E-state index contributed by atoms with van der Waals surface area (Å²) in [6.07, 6.45) is 0.138. The Morgan fingerprint density at radius 1 is 1.26 bits per heavy atom. The van der Waals surface area contributed by atoms with Gasteiger partial charge in [0.25, 0.3) is 5.91 Å². The lowest BCUT2D eigenvalue weighted by atomic mass is 10.1. The highest BCUT2D eigenvalue weighted by atomic mass is 16.6. The molecule has 1 aliphatic rings. The van der Waals surface area contributed by atoms with Crippen LogP contribution in [0.3, 0.4) is 0 Å². The minimum atomic E-state index is -0.949. The summed E-state index contributed by atoms with van der Waals surface area (Å²) in [5.74, 6) is -0.281. The van der Waals surface area contributed by atoms with Crippen molar-refractivity contribution in [1.82, 2.24) is 5.43 Å². The molecule has 0 aliphatic carbocycles. The Kier molecular flexibility index (Phi) is 5.27. The van der Waals surface area contributed by atoms with Gasteiger partial charge in [-0.15, -0.1) is 0 Å². The van der Waals surface area contributed by atoms with E-state index in [0.29, 0.717) is 11.5 Å². The van der Waals surface area contributed by atoms with Crippen molar-refractivity contribution in [2.75, 3.05) is 13.7 Å². The van der Waals surface area contributed by atoms with Crippen molar-refractivity contribution < 1.29 is 29.0 Å². The summed E-state index contributed by atoms with van der Waals surface area (Å²) in [5, 5.41) is 26.8. The average molecular weight is 423 g/mol. The number of phenolic OH excluding ortho intramolecular Hbond substituents is 1. The molecule has 4 rings (SSSR count). The van der Waals surface area contributed by atoms with Gasteiger partial charge >= 0.3 is 5.69 Å². The maximum atomic E-state index is 12.4. The first kappa shape index (κ1) is 20.0. The lowest BCUT2D eigenvalue weighted by Crippen LogP contribution is -2.42. The van der Waals surface area contributed by atoms with Crippen LogP contribution in [0.4, 0.5) is 5.69 Å². The third-order valence-corrected chi connectivity index (χ3v) is 4.67. The van der Waals surface area contributed by atoms with Gasteiger partial charge in [-0.05, 0) is 35.0 Å². The SMILES string of the molecule is COc1c(O)ccc(/C=N/NC(=O)C2COc3cc4ccccc4cc3O2)c1[N+](=O)[O-]. The van der Waals surface area contributed by atoms with E-state index in [1.54, 1.807) is 6.07 Å². The molecule has 1 heterocycles. The molecule has 3 aromatic rings. The van der Waals surface area contributed by atoms with Crippen LogP contribution in [-0.2, 0) is 4.79 Å². The van der Waals surface area contributed by atoms with Gasteiger partial charge in [0.15, 0.2) is 17.2 Å². The number of rotatable bonds is 5. The van der Waals surface area contributed by atoms with E-state index in [1.807, 2.05) is 30.3 Å². The molecule has 158 valence electrons. The number of phenols is 1. The standard InChI is InChI=1S/C21H17N3O7/c1-29-20-15(25)7-6-14(19(20)24(27)28)10-22-23-21(26)18-11-30-16-8-12-4-2-3-5-13(12)9-17(16)31-18/h2-10,18,25H,11H2,1H3,(H,23,26)/b22-10+. The van der Waals surface area contributed by atoms with E-state index in [4.69, 9.17) is 14.2 Å². The van der Waals surface area contributed by atoms with Gasteiger partial charge in [-0.25, -0.2) is 5.43 Å². The number of nitrogens with zero attached hydrogens (tertiary/aromatic N) is 2. The second-order valence-corrected chi connectivity index (χ2v) is 6.61. The van der Waals surface area contributed by atoms with Crippen molar-refractivity contribution >= 4 is 28.6 Å². The molecule has 1 amide bonds. The van der Waals surface area contributed by atoms with Crippen LogP contribution in [0.5, 0.6) is 23.0 Å². The zero-order valence-electron chi connectivity index (χ0n) is 16.3. The lowest BCUT2D eigenvalue weighted by molar-refractivity contribution is -0.386. The van der Waals surface area contributed by atoms with Crippen molar-refractivity contribution in [3.8, 4) is 23.0 Å². The lowest BCUT2D eigenvalue weighted by Gasteiger charge is -2.25. The molecule has 0 spiro atoms. The van der Waals surface area contributed by atoms with E-state index in [-0.39, 0.29) is 23.7 Å². The highest BCUT2D eigenvalue weighted by Gasteiger charge is 2.28. The molecule has 0 radical (unpaired) electrons. The first-order valence-corrected chi connectivity index (χ1v) is 9.17. The summed E-state index contributed by atoms with van der Waals surface area (Å²) in [6, 6.07) is 13.8. The number of methoxy groups -OCH3 is 1. The number of hydrazone groups is 1. The van der Waals surface area contributed by atoms with Gasteiger partial charge in [-0.3, -0.25) is 14.9 Å². The summed E-state index contributed by atoms with van der Waals surface area (Å²) < 4.78 is 16.3. The first-order chi connectivity index (χ1) is 15.0. The van der Waals surface area contributed by atoms with Crippen LogP contribution >= 0.6 is 0 Å². The topological polar surface area (TPSA) is 133 Å². The number of carbonyl (C=O) groups is 1. The number of ether oxygens (including phenoxy) is 3. The molecule has 0 bridgehead atoms. The Labute approximate surface area is 175 Å².